The van der Waals surface area contributed by atoms with E-state index in [1.165, 1.54) is 11.6 Å². The van der Waals surface area contributed by atoms with Crippen molar-refractivity contribution >= 4 is 6.21 Å². The van der Waals surface area contributed by atoms with Crippen molar-refractivity contribution in [1.82, 2.24) is 0 Å². The third kappa shape index (κ3) is 3.41. The van der Waals surface area contributed by atoms with Crippen LogP contribution in [0.15, 0.2) is 30.3 Å². The maximum Gasteiger partial charge on any atom is 0.172 e. The Labute approximate surface area is 147 Å². The van der Waals surface area contributed by atoms with Gasteiger partial charge in [0.25, 0.3) is 0 Å². The zero-order valence-corrected chi connectivity index (χ0v) is 14.4. The van der Waals surface area contributed by atoms with E-state index in [9.17, 15) is 10.2 Å². The molecule has 0 atom stereocenters. The van der Waals surface area contributed by atoms with Crippen LogP contribution in [0, 0.1) is 0 Å². The van der Waals surface area contributed by atoms with Crippen molar-refractivity contribution in [2.45, 2.75) is 13.0 Å². The summed E-state index contributed by atoms with van der Waals surface area (Å²) in [5.74, 6) is 1.29. The van der Waals surface area contributed by atoms with E-state index in [4.69, 9.17) is 9.47 Å². The van der Waals surface area contributed by atoms with Crippen LogP contribution in [0.5, 0.6) is 23.0 Å². The van der Waals surface area contributed by atoms with Gasteiger partial charge in [0.1, 0.15) is 6.54 Å². The second-order valence-corrected chi connectivity index (χ2v) is 5.54. The maximum absolute atomic E-state index is 9.95. The van der Waals surface area contributed by atoms with Crippen molar-refractivity contribution in [3.05, 3.63) is 47.0 Å². The van der Waals surface area contributed by atoms with Crippen LogP contribution in [-0.4, -0.2) is 41.8 Å². The van der Waals surface area contributed by atoms with Gasteiger partial charge in [-0.1, -0.05) is 6.07 Å². The molecule has 0 spiro atoms. The van der Waals surface area contributed by atoms with Gasteiger partial charge >= 0.3 is 0 Å². The zero-order chi connectivity index (χ0) is 16.4. The summed E-state index contributed by atoms with van der Waals surface area (Å²) in [5.41, 5.74) is 2.98. The summed E-state index contributed by atoms with van der Waals surface area (Å²) < 4.78 is 12.8. The molecule has 0 unspecified atom stereocenters. The van der Waals surface area contributed by atoms with Gasteiger partial charge in [-0.15, -0.1) is 0 Å². The number of para-hydroxylation sites is 1. The molecule has 1 aliphatic heterocycles. The summed E-state index contributed by atoms with van der Waals surface area (Å²) in [6.07, 6.45) is 2.93. The van der Waals surface area contributed by atoms with Crippen molar-refractivity contribution in [2.24, 2.45) is 0 Å². The molecule has 2 aromatic rings. The Morgan fingerprint density at radius 1 is 1.08 bits per heavy atom. The number of fused-ring (bicyclic) bond motifs is 1. The van der Waals surface area contributed by atoms with Crippen LogP contribution < -0.4 is 21.9 Å². The van der Waals surface area contributed by atoms with Crippen LogP contribution in [0.1, 0.15) is 16.7 Å². The van der Waals surface area contributed by atoms with Gasteiger partial charge in [0.2, 0.25) is 0 Å². The second kappa shape index (κ2) is 7.45. The summed E-state index contributed by atoms with van der Waals surface area (Å²) in [5, 5.41) is 19.6. The van der Waals surface area contributed by atoms with Gasteiger partial charge in [0.15, 0.2) is 35.8 Å². The van der Waals surface area contributed by atoms with E-state index in [1.54, 1.807) is 20.3 Å². The summed E-state index contributed by atoms with van der Waals surface area (Å²) in [6.45, 7) is 1.37. The topological polar surface area (TPSA) is 61.9 Å². The Balaban J connectivity index is 0.00000208. The van der Waals surface area contributed by atoms with Crippen molar-refractivity contribution < 1.29 is 36.7 Å². The van der Waals surface area contributed by atoms with Gasteiger partial charge in [-0.3, -0.25) is 0 Å². The lowest BCUT2D eigenvalue weighted by Gasteiger charge is -2.16. The van der Waals surface area contributed by atoms with Gasteiger partial charge in [0, 0.05) is 12.0 Å². The summed E-state index contributed by atoms with van der Waals surface area (Å²) in [7, 11) is 3.25. The molecule has 6 heteroatoms. The van der Waals surface area contributed by atoms with Crippen LogP contribution in [0.4, 0.5) is 0 Å². The first-order valence-electron chi connectivity index (χ1n) is 7.46. The van der Waals surface area contributed by atoms with Crippen LogP contribution in [-0.2, 0) is 13.0 Å². The number of aromatic hydroxyl groups is 2. The monoisotopic (exact) mass is 349 g/mol. The fourth-order valence-corrected chi connectivity index (χ4v) is 2.85. The van der Waals surface area contributed by atoms with E-state index >= 15 is 0 Å². The molecule has 0 fully saturated rings. The number of methoxy groups -OCH3 is 2. The molecule has 0 amide bonds. The lowest BCUT2D eigenvalue weighted by atomic mass is 10.0. The van der Waals surface area contributed by atoms with Gasteiger partial charge in [-0.05, 0) is 29.8 Å². The van der Waals surface area contributed by atoms with E-state index in [1.807, 2.05) is 24.4 Å². The number of hydrogen-bond donors (Lipinski definition) is 2. The minimum atomic E-state index is -0.0914. The molecule has 0 bridgehead atoms. The Bertz CT molecular complexity index is 774. The molecular weight excluding hydrogens is 330 g/mol. The van der Waals surface area contributed by atoms with E-state index in [0.29, 0.717) is 17.9 Å². The molecule has 1 aliphatic rings. The van der Waals surface area contributed by atoms with Gasteiger partial charge < -0.3 is 32.1 Å². The van der Waals surface area contributed by atoms with Crippen LogP contribution >= 0.6 is 0 Å². The Hall–Kier alpha value is -2.40. The Morgan fingerprint density at radius 2 is 1.79 bits per heavy atom. The third-order valence-corrected chi connectivity index (χ3v) is 4.11. The third-order valence-electron chi connectivity index (χ3n) is 4.11. The van der Waals surface area contributed by atoms with E-state index in [0.717, 1.165) is 24.3 Å². The number of nitrogens with zero attached hydrogens (tertiary/aromatic N) is 1. The quantitative estimate of drug-likeness (QED) is 0.566. The first-order valence-corrected chi connectivity index (χ1v) is 7.46. The molecule has 5 nitrogen and oxygen atoms in total. The lowest BCUT2D eigenvalue weighted by molar-refractivity contribution is -0.540. The molecule has 0 aliphatic carbocycles. The molecule has 2 N–H and O–H groups in total. The van der Waals surface area contributed by atoms with Crippen LogP contribution in [0.25, 0.3) is 0 Å². The van der Waals surface area contributed by atoms with Crippen molar-refractivity contribution in [3.8, 4) is 23.0 Å². The maximum atomic E-state index is 9.95. The average molecular weight is 350 g/mol. The highest BCUT2D eigenvalue weighted by Crippen LogP contribution is 2.32. The fourth-order valence-electron chi connectivity index (χ4n) is 2.85. The van der Waals surface area contributed by atoms with Crippen LogP contribution in [0.3, 0.4) is 0 Å². The number of halogens is 1. The van der Waals surface area contributed by atoms with Crippen LogP contribution in [0.2, 0.25) is 0 Å². The summed E-state index contributed by atoms with van der Waals surface area (Å²) >= 11 is 0. The van der Waals surface area contributed by atoms with E-state index < -0.39 is 0 Å². The average Bonchev–Trinajstić information content (AvgIpc) is 2.57. The molecule has 0 radical (unpaired) electrons. The normalized spacial score (nSPS) is 12.7. The number of phenolic OH excluding ortho intramolecular Hbond substituents is 2. The lowest BCUT2D eigenvalue weighted by Crippen LogP contribution is -3.00. The minimum Gasteiger partial charge on any atom is -1.00 e. The predicted octanol–water partition coefficient (Wildman–Crippen LogP) is -0.693. The van der Waals surface area contributed by atoms with Gasteiger partial charge in [-0.25, -0.2) is 4.58 Å². The number of benzene rings is 2. The van der Waals surface area contributed by atoms with E-state index in [2.05, 4.69) is 4.58 Å². The first kappa shape index (κ1) is 17.9. The molecule has 2 aromatic carbocycles. The summed E-state index contributed by atoms with van der Waals surface area (Å²) in [4.78, 5) is 0. The van der Waals surface area contributed by atoms with Gasteiger partial charge in [-0.2, -0.15) is 0 Å². The molecule has 128 valence electrons. The smallest absolute Gasteiger partial charge is 0.172 e. The fraction of sp³-hybridized carbons (Fsp3) is 0.278. The molecule has 0 saturated heterocycles. The first-order chi connectivity index (χ1) is 11.1. The SMILES string of the molecule is COc1cc2c(cc1OC)CC[N+](Cc1cccc(O)c1O)=C2.[Cl-]. The van der Waals surface area contributed by atoms with Crippen molar-refractivity contribution in [1.29, 1.82) is 0 Å². The largest absolute Gasteiger partial charge is 1.00 e. The highest BCUT2D eigenvalue weighted by molar-refractivity contribution is 5.80. The molecule has 0 saturated carbocycles. The van der Waals surface area contributed by atoms with E-state index in [-0.39, 0.29) is 23.9 Å². The predicted molar refractivity (Wildman–Crippen MR) is 87.0 cm³/mol. The van der Waals surface area contributed by atoms with Gasteiger partial charge in [0.05, 0.1) is 19.8 Å². The number of hydrogen-bond acceptors (Lipinski definition) is 4. The molecule has 3 rings (SSSR count). The molecule has 0 aromatic heterocycles. The number of ether oxygens (including phenoxy) is 2. The second-order valence-electron chi connectivity index (χ2n) is 5.54. The highest BCUT2D eigenvalue weighted by atomic mass is 35.5. The highest BCUT2D eigenvalue weighted by Gasteiger charge is 2.20. The molecule has 1 heterocycles. The standard InChI is InChI=1S/C18H19NO4.ClH/c1-22-16-8-12-6-7-19(11-14(12)9-17(16)23-2)10-13-4-3-5-15(20)18(13)21;/h3-5,8-9,11H,6-7,10H2,1-2H3,(H-,20,21);1H. The zero-order valence-electron chi connectivity index (χ0n) is 13.6. The Kier molecular flexibility index (Phi) is 5.57. The number of phenols is 2. The molecular formula is C18H20ClNO4. The van der Waals surface area contributed by atoms with Crippen molar-refractivity contribution in [3.63, 3.8) is 0 Å². The molecule has 24 heavy (non-hydrogen) atoms. The van der Waals surface area contributed by atoms with Crippen molar-refractivity contribution in [2.75, 3.05) is 20.8 Å². The Morgan fingerprint density at radius 3 is 2.50 bits per heavy atom. The number of rotatable bonds is 4. The minimum absolute atomic E-state index is 0. The summed E-state index contributed by atoms with van der Waals surface area (Å²) in [6, 6.07) is 8.99.